The third kappa shape index (κ3) is 4.21. The lowest BCUT2D eigenvalue weighted by Crippen LogP contribution is -1.76. The SMILES string of the molecule is C=C/C(Cl)=C\C=C(/C)OC. The monoisotopic (exact) mass is 158 g/mol. The molecule has 0 bridgehead atoms. The maximum atomic E-state index is 5.61. The molecule has 0 spiro atoms. The van der Waals surface area contributed by atoms with Crippen molar-refractivity contribution in [2.45, 2.75) is 6.92 Å². The summed E-state index contributed by atoms with van der Waals surface area (Å²) in [5.74, 6) is 0.819. The molecule has 0 amide bonds. The third-order valence-corrected chi connectivity index (χ3v) is 1.27. The quantitative estimate of drug-likeness (QED) is 0.454. The molecule has 0 aromatic rings. The van der Waals surface area contributed by atoms with Crippen molar-refractivity contribution in [1.82, 2.24) is 0 Å². The fourth-order valence-corrected chi connectivity index (χ4v) is 0.396. The predicted molar refractivity (Wildman–Crippen MR) is 44.9 cm³/mol. The van der Waals surface area contributed by atoms with Gasteiger partial charge >= 0.3 is 0 Å². The standard InChI is InChI=1S/C8H11ClO/c1-4-8(9)6-5-7(2)10-3/h4-6H,1H2,2-3H3/b7-5+,8-6+. The molecule has 0 saturated heterocycles. The van der Waals surface area contributed by atoms with Crippen molar-refractivity contribution in [3.05, 3.63) is 35.6 Å². The Morgan fingerprint density at radius 2 is 2.10 bits per heavy atom. The van der Waals surface area contributed by atoms with E-state index in [9.17, 15) is 0 Å². The maximum absolute atomic E-state index is 5.61. The molecule has 0 unspecified atom stereocenters. The van der Waals surface area contributed by atoms with E-state index < -0.39 is 0 Å². The molecule has 0 saturated carbocycles. The molecule has 0 N–H and O–H groups in total. The third-order valence-electron chi connectivity index (χ3n) is 0.994. The molecule has 0 atom stereocenters. The zero-order valence-corrected chi connectivity index (χ0v) is 6.98. The van der Waals surface area contributed by atoms with Crippen molar-refractivity contribution in [2.24, 2.45) is 0 Å². The molecule has 0 heterocycles. The first kappa shape index (κ1) is 9.31. The second-order valence-electron chi connectivity index (χ2n) is 1.74. The summed E-state index contributed by atoms with van der Waals surface area (Å²) in [7, 11) is 1.61. The number of rotatable bonds is 3. The number of hydrogen-bond acceptors (Lipinski definition) is 1. The van der Waals surface area contributed by atoms with E-state index in [-0.39, 0.29) is 0 Å². The Balaban J connectivity index is 4.03. The summed E-state index contributed by atoms with van der Waals surface area (Å²) in [5.41, 5.74) is 0. The van der Waals surface area contributed by atoms with Gasteiger partial charge in [-0.25, -0.2) is 0 Å². The minimum Gasteiger partial charge on any atom is -0.501 e. The van der Waals surface area contributed by atoms with Crippen LogP contribution >= 0.6 is 11.6 Å². The second-order valence-corrected chi connectivity index (χ2v) is 2.17. The summed E-state index contributed by atoms with van der Waals surface area (Å²) in [6.07, 6.45) is 5.08. The molecule has 0 aromatic heterocycles. The van der Waals surface area contributed by atoms with Crippen molar-refractivity contribution >= 4 is 11.6 Å². The average Bonchev–Trinajstić information content (AvgIpc) is 1.99. The summed E-state index contributed by atoms with van der Waals surface area (Å²) in [6, 6.07) is 0. The van der Waals surface area contributed by atoms with E-state index in [0.717, 1.165) is 5.76 Å². The maximum Gasteiger partial charge on any atom is 0.0925 e. The van der Waals surface area contributed by atoms with E-state index in [4.69, 9.17) is 16.3 Å². The molecule has 2 heteroatoms. The van der Waals surface area contributed by atoms with Crippen LogP contribution in [0.4, 0.5) is 0 Å². The number of methoxy groups -OCH3 is 1. The van der Waals surface area contributed by atoms with Crippen LogP contribution in [-0.2, 0) is 4.74 Å². The van der Waals surface area contributed by atoms with E-state index in [1.54, 1.807) is 25.3 Å². The Hall–Kier alpha value is -0.690. The highest BCUT2D eigenvalue weighted by Gasteiger charge is 1.81. The van der Waals surface area contributed by atoms with Crippen LogP contribution < -0.4 is 0 Å². The first-order chi connectivity index (χ1) is 4.70. The summed E-state index contributed by atoms with van der Waals surface area (Å²) in [5, 5.41) is 0.608. The minimum absolute atomic E-state index is 0.608. The Kier molecular flexibility index (Phi) is 4.77. The van der Waals surface area contributed by atoms with E-state index in [1.807, 2.05) is 6.92 Å². The molecule has 0 aliphatic heterocycles. The van der Waals surface area contributed by atoms with Gasteiger partial charge in [-0.05, 0) is 19.1 Å². The minimum atomic E-state index is 0.608. The van der Waals surface area contributed by atoms with Gasteiger partial charge in [0.15, 0.2) is 0 Å². The molecule has 0 fully saturated rings. The zero-order valence-electron chi connectivity index (χ0n) is 6.23. The fourth-order valence-electron chi connectivity index (χ4n) is 0.333. The van der Waals surface area contributed by atoms with Gasteiger partial charge in [0.2, 0.25) is 0 Å². The molecular weight excluding hydrogens is 148 g/mol. The van der Waals surface area contributed by atoms with Crippen LogP contribution in [0, 0.1) is 0 Å². The van der Waals surface area contributed by atoms with Crippen LogP contribution in [0.2, 0.25) is 0 Å². The highest BCUT2D eigenvalue weighted by Crippen LogP contribution is 2.03. The highest BCUT2D eigenvalue weighted by atomic mass is 35.5. The van der Waals surface area contributed by atoms with Crippen LogP contribution in [-0.4, -0.2) is 7.11 Å². The van der Waals surface area contributed by atoms with Gasteiger partial charge in [0, 0.05) is 5.03 Å². The molecule has 1 nitrogen and oxygen atoms in total. The van der Waals surface area contributed by atoms with Gasteiger partial charge in [-0.2, -0.15) is 0 Å². The Bertz CT molecular complexity index is 168. The lowest BCUT2D eigenvalue weighted by Gasteiger charge is -1.93. The summed E-state index contributed by atoms with van der Waals surface area (Å²) in [6.45, 7) is 5.35. The van der Waals surface area contributed by atoms with Crippen molar-refractivity contribution in [3.8, 4) is 0 Å². The lowest BCUT2D eigenvalue weighted by atomic mass is 10.4. The normalized spacial score (nSPS) is 13.1. The molecule has 10 heavy (non-hydrogen) atoms. The van der Waals surface area contributed by atoms with E-state index in [1.165, 1.54) is 0 Å². The first-order valence-corrected chi connectivity index (χ1v) is 3.29. The average molecular weight is 159 g/mol. The molecule has 0 aliphatic carbocycles. The molecular formula is C8H11ClO. The van der Waals surface area contributed by atoms with Crippen molar-refractivity contribution in [1.29, 1.82) is 0 Å². The fraction of sp³-hybridized carbons (Fsp3) is 0.250. The number of ether oxygens (including phenoxy) is 1. The van der Waals surface area contributed by atoms with Crippen LogP contribution in [0.25, 0.3) is 0 Å². The van der Waals surface area contributed by atoms with Crippen LogP contribution in [0.1, 0.15) is 6.92 Å². The molecule has 0 aromatic carbocycles. The van der Waals surface area contributed by atoms with Gasteiger partial charge < -0.3 is 4.74 Å². The summed E-state index contributed by atoms with van der Waals surface area (Å²) in [4.78, 5) is 0. The lowest BCUT2D eigenvalue weighted by molar-refractivity contribution is 0.294. The van der Waals surface area contributed by atoms with Crippen molar-refractivity contribution in [2.75, 3.05) is 7.11 Å². The highest BCUT2D eigenvalue weighted by molar-refractivity contribution is 6.31. The van der Waals surface area contributed by atoms with Gasteiger partial charge in [0.1, 0.15) is 0 Å². The number of hydrogen-bond donors (Lipinski definition) is 0. The largest absolute Gasteiger partial charge is 0.501 e. The van der Waals surface area contributed by atoms with E-state index in [0.29, 0.717) is 5.03 Å². The Morgan fingerprint density at radius 1 is 1.50 bits per heavy atom. The zero-order chi connectivity index (χ0) is 7.98. The summed E-state index contributed by atoms with van der Waals surface area (Å²) < 4.78 is 4.87. The van der Waals surface area contributed by atoms with Gasteiger partial charge in [0.05, 0.1) is 12.9 Å². The van der Waals surface area contributed by atoms with Crippen LogP contribution in [0.3, 0.4) is 0 Å². The van der Waals surface area contributed by atoms with E-state index in [2.05, 4.69) is 6.58 Å². The predicted octanol–water partition coefficient (Wildman–Crippen LogP) is 2.85. The molecule has 0 radical (unpaired) electrons. The van der Waals surface area contributed by atoms with Gasteiger partial charge in [0.25, 0.3) is 0 Å². The molecule has 0 rings (SSSR count). The van der Waals surface area contributed by atoms with Gasteiger partial charge in [-0.1, -0.05) is 24.3 Å². The number of allylic oxidation sites excluding steroid dienone is 5. The second kappa shape index (κ2) is 5.12. The van der Waals surface area contributed by atoms with Crippen LogP contribution in [0.15, 0.2) is 35.6 Å². The van der Waals surface area contributed by atoms with Crippen molar-refractivity contribution in [3.63, 3.8) is 0 Å². The first-order valence-electron chi connectivity index (χ1n) is 2.91. The van der Waals surface area contributed by atoms with Crippen LogP contribution in [0.5, 0.6) is 0 Å². The summed E-state index contributed by atoms with van der Waals surface area (Å²) >= 11 is 5.61. The topological polar surface area (TPSA) is 9.23 Å². The van der Waals surface area contributed by atoms with E-state index >= 15 is 0 Å². The Morgan fingerprint density at radius 3 is 2.50 bits per heavy atom. The van der Waals surface area contributed by atoms with Gasteiger partial charge in [-0.3, -0.25) is 0 Å². The Labute approximate surface area is 66.6 Å². The molecule has 56 valence electrons. The number of halogens is 1. The molecule has 0 aliphatic rings. The van der Waals surface area contributed by atoms with Gasteiger partial charge in [-0.15, -0.1) is 0 Å². The van der Waals surface area contributed by atoms with Crippen molar-refractivity contribution < 1.29 is 4.74 Å². The smallest absolute Gasteiger partial charge is 0.0925 e.